The van der Waals surface area contributed by atoms with Crippen LogP contribution >= 0.6 is 15.9 Å². The highest BCUT2D eigenvalue weighted by molar-refractivity contribution is 9.10. The molecule has 0 spiro atoms. The monoisotopic (exact) mass is 342 g/mol. The number of nitrogens with one attached hydrogen (secondary N) is 2. The van der Waals surface area contributed by atoms with Crippen LogP contribution in [0.4, 0.5) is 0 Å². The molecule has 21 heavy (non-hydrogen) atoms. The summed E-state index contributed by atoms with van der Waals surface area (Å²) in [7, 11) is 0. The van der Waals surface area contributed by atoms with Gasteiger partial charge in [0, 0.05) is 16.1 Å². The van der Waals surface area contributed by atoms with Gasteiger partial charge in [-0.1, -0.05) is 34.1 Å². The van der Waals surface area contributed by atoms with Gasteiger partial charge in [0.1, 0.15) is 11.5 Å². The predicted octanol–water partition coefficient (Wildman–Crippen LogP) is 3.83. The molecule has 0 saturated heterocycles. The lowest BCUT2D eigenvalue weighted by atomic mass is 9.83. The third-order valence-corrected chi connectivity index (χ3v) is 3.86. The first-order valence-corrected chi connectivity index (χ1v) is 7.04. The fourth-order valence-corrected chi connectivity index (χ4v) is 2.88. The summed E-state index contributed by atoms with van der Waals surface area (Å²) in [5.74, 6) is 2.41. The predicted molar refractivity (Wildman–Crippen MR) is 83.7 cm³/mol. The Kier molecular flexibility index (Phi) is 3.37. The number of halogens is 1. The first-order chi connectivity index (χ1) is 10.1. The normalized spacial score (nSPS) is 16.9. The molecule has 5 heteroatoms. The van der Waals surface area contributed by atoms with E-state index in [1.807, 2.05) is 24.3 Å². The molecular formula is C16H11BrN2O2. The van der Waals surface area contributed by atoms with E-state index in [1.165, 1.54) is 6.07 Å². The molecule has 3 rings (SSSR count). The van der Waals surface area contributed by atoms with Crippen molar-refractivity contribution in [2.75, 3.05) is 0 Å². The van der Waals surface area contributed by atoms with Crippen LogP contribution in [0.25, 0.3) is 0 Å². The Balaban J connectivity index is 2.25. The van der Waals surface area contributed by atoms with Crippen LogP contribution in [0.2, 0.25) is 0 Å². The second-order valence-electron chi connectivity index (χ2n) is 4.68. The lowest BCUT2D eigenvalue weighted by Gasteiger charge is -2.27. The van der Waals surface area contributed by atoms with Gasteiger partial charge < -0.3 is 9.84 Å². The Labute approximate surface area is 129 Å². The van der Waals surface area contributed by atoms with Crippen molar-refractivity contribution in [1.82, 2.24) is 0 Å². The van der Waals surface area contributed by atoms with E-state index in [2.05, 4.69) is 21.8 Å². The maximum Gasteiger partial charge on any atom is 0.225 e. The van der Waals surface area contributed by atoms with Gasteiger partial charge in [0.15, 0.2) is 0 Å². The number of ether oxygens (including phenoxy) is 1. The van der Waals surface area contributed by atoms with Crippen LogP contribution in [0.1, 0.15) is 17.0 Å². The zero-order valence-corrected chi connectivity index (χ0v) is 12.4. The molecule has 3 N–H and O–H groups in total. The van der Waals surface area contributed by atoms with Crippen molar-refractivity contribution >= 4 is 27.7 Å². The third kappa shape index (κ3) is 2.37. The molecule has 0 bridgehead atoms. The van der Waals surface area contributed by atoms with Crippen LogP contribution in [-0.2, 0) is 0 Å². The Hall–Kier alpha value is -2.36. The number of phenolic OH excluding ortho intramolecular Hbond substituents is 1. The van der Waals surface area contributed by atoms with Crippen molar-refractivity contribution in [3.63, 3.8) is 0 Å². The van der Waals surface area contributed by atoms with Crippen LogP contribution in [-0.4, -0.2) is 16.9 Å². The van der Waals surface area contributed by atoms with Crippen LogP contribution in [0.5, 0.6) is 11.5 Å². The topological polar surface area (TPSA) is 77.2 Å². The van der Waals surface area contributed by atoms with Gasteiger partial charge in [0.2, 0.25) is 5.90 Å². The average Bonchev–Trinajstić information content (AvgIpc) is 2.45. The van der Waals surface area contributed by atoms with Crippen molar-refractivity contribution in [3.8, 4) is 11.5 Å². The van der Waals surface area contributed by atoms with Gasteiger partial charge in [-0.25, -0.2) is 0 Å². The number of phenols is 1. The first-order valence-electron chi connectivity index (χ1n) is 6.25. The highest BCUT2D eigenvalue weighted by atomic mass is 79.9. The minimum atomic E-state index is -0.308. The molecule has 0 aliphatic carbocycles. The highest BCUT2D eigenvalue weighted by Crippen LogP contribution is 2.42. The summed E-state index contributed by atoms with van der Waals surface area (Å²) in [6.45, 7) is 0. The molecule has 104 valence electrons. The highest BCUT2D eigenvalue weighted by Gasteiger charge is 2.32. The summed E-state index contributed by atoms with van der Waals surface area (Å²) >= 11 is 3.44. The lowest BCUT2D eigenvalue weighted by Crippen LogP contribution is -2.24. The van der Waals surface area contributed by atoms with Crippen molar-refractivity contribution in [2.45, 2.75) is 5.92 Å². The molecule has 2 aromatic carbocycles. The standard InChI is InChI=1S/C16H11BrN2O2/c17-10-3-1-2-9(6-10)15-12-5-4-11(20)7-14(12)21-16(19)13(15)8-18/h1-7,15,18-20H. The number of hydrogen-bond acceptors (Lipinski definition) is 4. The van der Waals surface area contributed by atoms with Gasteiger partial charge in [-0.2, -0.15) is 0 Å². The van der Waals surface area contributed by atoms with E-state index in [0.29, 0.717) is 11.3 Å². The Morgan fingerprint density at radius 3 is 2.71 bits per heavy atom. The quantitative estimate of drug-likeness (QED) is 0.688. The lowest BCUT2D eigenvalue weighted by molar-refractivity contribution is 0.463. The van der Waals surface area contributed by atoms with Crippen LogP contribution < -0.4 is 4.74 Å². The maximum absolute atomic E-state index is 9.58. The molecule has 2 aromatic rings. The Morgan fingerprint density at radius 1 is 1.19 bits per heavy atom. The minimum absolute atomic E-state index is 0.0804. The summed E-state index contributed by atoms with van der Waals surface area (Å²) in [5.41, 5.74) is 2.10. The Bertz CT molecular complexity index is 795. The molecule has 1 heterocycles. The van der Waals surface area contributed by atoms with Crippen molar-refractivity contribution < 1.29 is 9.84 Å². The second-order valence-corrected chi connectivity index (χ2v) is 5.60. The summed E-state index contributed by atoms with van der Waals surface area (Å²) in [5, 5.41) is 25.0. The van der Waals surface area contributed by atoms with Gasteiger partial charge in [0.05, 0.1) is 11.5 Å². The molecular weight excluding hydrogens is 332 g/mol. The van der Waals surface area contributed by atoms with Crippen LogP contribution in [0, 0.1) is 10.8 Å². The summed E-state index contributed by atoms with van der Waals surface area (Å²) in [4.78, 5) is 0. The van der Waals surface area contributed by atoms with Crippen molar-refractivity contribution in [3.05, 3.63) is 63.6 Å². The average molecular weight is 343 g/mol. The number of rotatable bonds is 1. The van der Waals surface area contributed by atoms with Gasteiger partial charge in [0.25, 0.3) is 0 Å². The molecule has 1 atom stereocenters. The molecule has 1 aliphatic heterocycles. The third-order valence-electron chi connectivity index (χ3n) is 3.37. The maximum atomic E-state index is 9.58. The van der Waals surface area contributed by atoms with E-state index in [0.717, 1.165) is 15.6 Å². The second kappa shape index (κ2) is 5.20. The van der Waals surface area contributed by atoms with Crippen molar-refractivity contribution in [2.24, 2.45) is 0 Å². The zero-order chi connectivity index (χ0) is 15.0. The van der Waals surface area contributed by atoms with E-state index in [-0.39, 0.29) is 17.6 Å². The molecule has 0 amide bonds. The molecule has 4 nitrogen and oxygen atoms in total. The van der Waals surface area contributed by atoms with E-state index in [1.54, 1.807) is 12.1 Å². The Morgan fingerprint density at radius 2 is 2.00 bits per heavy atom. The van der Waals surface area contributed by atoms with Gasteiger partial charge in [-0.05, 0) is 29.6 Å². The van der Waals surface area contributed by atoms with Gasteiger partial charge >= 0.3 is 0 Å². The summed E-state index contributed by atoms with van der Waals surface area (Å²) in [6.07, 6.45) is 0. The summed E-state index contributed by atoms with van der Waals surface area (Å²) < 4.78 is 6.31. The molecule has 1 unspecified atom stereocenters. The largest absolute Gasteiger partial charge is 0.508 e. The summed E-state index contributed by atoms with van der Waals surface area (Å²) in [6, 6.07) is 12.5. The van der Waals surface area contributed by atoms with Crippen LogP contribution in [0.15, 0.2) is 52.5 Å². The number of aromatic hydroxyl groups is 1. The molecule has 0 radical (unpaired) electrons. The van der Waals surface area contributed by atoms with E-state index < -0.39 is 0 Å². The van der Waals surface area contributed by atoms with Crippen LogP contribution in [0.3, 0.4) is 0 Å². The molecule has 0 fully saturated rings. The number of benzene rings is 2. The fourth-order valence-electron chi connectivity index (χ4n) is 2.46. The number of fused-ring (bicyclic) bond motifs is 1. The minimum Gasteiger partial charge on any atom is -0.508 e. The molecule has 0 aromatic heterocycles. The SMILES string of the molecule is N=C=C1C(=N)Oc2cc(O)ccc2C1c1cccc(Br)c1. The fraction of sp³-hybridized carbons (Fsp3) is 0.0625. The van der Waals surface area contributed by atoms with E-state index >= 15 is 0 Å². The number of hydrogen-bond donors (Lipinski definition) is 3. The first kappa shape index (κ1) is 13.6. The van der Waals surface area contributed by atoms with E-state index in [4.69, 9.17) is 15.6 Å². The smallest absolute Gasteiger partial charge is 0.225 e. The van der Waals surface area contributed by atoms with Gasteiger partial charge in [-0.3, -0.25) is 10.8 Å². The molecule has 0 saturated carbocycles. The van der Waals surface area contributed by atoms with Crippen molar-refractivity contribution in [1.29, 1.82) is 10.8 Å². The van der Waals surface area contributed by atoms with E-state index in [9.17, 15) is 5.11 Å². The molecule has 1 aliphatic rings. The van der Waals surface area contributed by atoms with Gasteiger partial charge in [-0.15, -0.1) is 0 Å². The zero-order valence-electron chi connectivity index (χ0n) is 10.9.